The molecule has 3 aromatic heterocycles. The summed E-state index contributed by atoms with van der Waals surface area (Å²) in [6.45, 7) is 0. The van der Waals surface area contributed by atoms with E-state index in [1.807, 2.05) is 48.5 Å². The number of aromatic nitrogens is 4. The Balaban J connectivity index is 1.49. The van der Waals surface area contributed by atoms with Crippen LogP contribution in [0.25, 0.3) is 90.9 Å². The van der Waals surface area contributed by atoms with E-state index in [0.29, 0.717) is 0 Å². The number of benzene rings is 4. The number of hydrogen-bond acceptors (Lipinski definition) is 6. The van der Waals surface area contributed by atoms with Gasteiger partial charge < -0.3 is 9.97 Å². The highest BCUT2D eigenvalue weighted by Gasteiger charge is 2.19. The van der Waals surface area contributed by atoms with E-state index in [2.05, 4.69) is 107 Å². The first-order valence-electron chi connectivity index (χ1n) is 16.7. The highest BCUT2D eigenvalue weighted by Crippen LogP contribution is 2.39. The van der Waals surface area contributed by atoms with Crippen LogP contribution in [-0.2, 0) is 0 Å². The second-order valence-electron chi connectivity index (χ2n) is 12.7. The first-order valence-corrected chi connectivity index (χ1v) is 18.5. The standard InChI is InChI=1S/C44H30N4S4/c49-29-9-1-5-25(21-29)41-33-13-15-35(45-33)42(26-6-2-10-30(50)22-26)37-17-19-39(47-37)44(28-8-4-12-32(52)24-28)40-20-18-38(48-40)43(36-16-14-34(41)46-36)27-7-3-11-31(51)23-27/h1-24,45,48-52H. The molecule has 0 saturated carbocycles. The minimum absolute atomic E-state index is 0.839. The third-order valence-corrected chi connectivity index (χ3v) is 10.4. The van der Waals surface area contributed by atoms with Crippen LogP contribution in [0, 0.1) is 0 Å². The molecule has 0 amide bonds. The Morgan fingerprint density at radius 1 is 0.327 bits per heavy atom. The Bertz CT molecular complexity index is 2440. The molecule has 8 bridgehead atoms. The van der Waals surface area contributed by atoms with Crippen molar-refractivity contribution in [2.24, 2.45) is 0 Å². The zero-order valence-corrected chi connectivity index (χ0v) is 31.1. The molecule has 2 aliphatic rings. The molecular formula is C44H30N4S4. The van der Waals surface area contributed by atoms with E-state index in [-0.39, 0.29) is 0 Å². The lowest BCUT2D eigenvalue weighted by molar-refractivity contribution is 1.30. The monoisotopic (exact) mass is 742 g/mol. The van der Waals surface area contributed by atoms with Gasteiger partial charge in [-0.25, -0.2) is 9.97 Å². The molecule has 250 valence electrons. The van der Waals surface area contributed by atoms with Crippen molar-refractivity contribution in [2.75, 3.05) is 0 Å². The quantitative estimate of drug-likeness (QED) is 0.102. The smallest absolute Gasteiger partial charge is 0.0737 e. The van der Waals surface area contributed by atoms with Gasteiger partial charge in [0, 0.05) is 63.9 Å². The van der Waals surface area contributed by atoms with Gasteiger partial charge in [0.25, 0.3) is 0 Å². The molecule has 2 N–H and O–H groups in total. The van der Waals surface area contributed by atoms with Crippen molar-refractivity contribution in [3.63, 3.8) is 0 Å². The summed E-state index contributed by atoms with van der Waals surface area (Å²) in [5.74, 6) is 0. The molecule has 0 unspecified atom stereocenters. The molecule has 8 heteroatoms. The maximum absolute atomic E-state index is 5.36. The van der Waals surface area contributed by atoms with Crippen molar-refractivity contribution >= 4 is 96.9 Å². The number of H-pyrrole nitrogens is 2. The van der Waals surface area contributed by atoms with Crippen LogP contribution in [0.4, 0.5) is 0 Å². The zero-order chi connectivity index (χ0) is 35.3. The van der Waals surface area contributed by atoms with Gasteiger partial charge in [0.2, 0.25) is 0 Å². The summed E-state index contributed by atoms with van der Waals surface area (Å²) in [5, 5.41) is 0. The molecule has 0 fully saturated rings. The molecule has 0 atom stereocenters. The molecule has 0 saturated heterocycles. The summed E-state index contributed by atoms with van der Waals surface area (Å²) in [7, 11) is 0. The fraction of sp³-hybridized carbons (Fsp3) is 0. The van der Waals surface area contributed by atoms with E-state index < -0.39 is 0 Å². The van der Waals surface area contributed by atoms with Crippen molar-refractivity contribution < 1.29 is 0 Å². The molecule has 0 spiro atoms. The summed E-state index contributed by atoms with van der Waals surface area (Å²) >= 11 is 18.9. The molecular weight excluding hydrogens is 713 g/mol. The van der Waals surface area contributed by atoms with Gasteiger partial charge in [0.15, 0.2) is 0 Å². The lowest BCUT2D eigenvalue weighted by atomic mass is 10.0. The van der Waals surface area contributed by atoms with Crippen molar-refractivity contribution in [1.82, 2.24) is 19.9 Å². The number of nitrogens with zero attached hydrogens (tertiary/aromatic N) is 2. The lowest BCUT2D eigenvalue weighted by Gasteiger charge is -2.08. The van der Waals surface area contributed by atoms with E-state index >= 15 is 0 Å². The SMILES string of the molecule is Sc1cccc(-c2c3nc(c(-c4cccc(S)c4)c4ccc([nH]4)c(-c4cccc(S)c4)c4nc(c(-c5cccc(S)c5)c5ccc2[nH]5)C=C4)C=C3)c1. The van der Waals surface area contributed by atoms with Crippen LogP contribution < -0.4 is 0 Å². The van der Waals surface area contributed by atoms with E-state index in [4.69, 9.17) is 60.5 Å². The van der Waals surface area contributed by atoms with Crippen molar-refractivity contribution in [2.45, 2.75) is 19.6 Å². The third kappa shape index (κ3) is 6.11. The third-order valence-electron chi connectivity index (χ3n) is 9.29. The van der Waals surface area contributed by atoms with Crippen molar-refractivity contribution in [3.05, 3.63) is 144 Å². The Labute approximate surface area is 323 Å². The molecule has 2 aliphatic heterocycles. The Hall–Kier alpha value is -5.12. The second kappa shape index (κ2) is 13.5. The highest BCUT2D eigenvalue weighted by atomic mass is 32.1. The van der Waals surface area contributed by atoms with Gasteiger partial charge in [-0.15, -0.1) is 50.5 Å². The van der Waals surface area contributed by atoms with Gasteiger partial charge in [-0.05, 0) is 119 Å². The number of rotatable bonds is 4. The van der Waals surface area contributed by atoms with Crippen LogP contribution in [0.2, 0.25) is 0 Å². The van der Waals surface area contributed by atoms with E-state index in [1.54, 1.807) is 0 Å². The molecule has 9 rings (SSSR count). The minimum atomic E-state index is 0.839. The van der Waals surface area contributed by atoms with Crippen LogP contribution in [0.5, 0.6) is 0 Å². The lowest BCUT2D eigenvalue weighted by Crippen LogP contribution is -1.90. The molecule has 7 aromatic rings. The highest BCUT2D eigenvalue weighted by molar-refractivity contribution is 7.80. The van der Waals surface area contributed by atoms with Gasteiger partial charge in [-0.3, -0.25) is 0 Å². The predicted octanol–water partition coefficient (Wildman–Crippen LogP) is 12.5. The largest absolute Gasteiger partial charge is 0.354 e. The topological polar surface area (TPSA) is 57.4 Å². The summed E-state index contributed by atoms with van der Waals surface area (Å²) in [4.78, 5) is 21.8. The van der Waals surface area contributed by atoms with Crippen LogP contribution in [-0.4, -0.2) is 19.9 Å². The van der Waals surface area contributed by atoms with E-state index in [1.165, 1.54) is 0 Å². The average molecular weight is 743 g/mol. The number of thiol groups is 4. The maximum Gasteiger partial charge on any atom is 0.0737 e. The fourth-order valence-electron chi connectivity index (χ4n) is 7.07. The molecule has 4 aromatic carbocycles. The Morgan fingerprint density at radius 2 is 0.577 bits per heavy atom. The van der Waals surface area contributed by atoms with Gasteiger partial charge in [-0.2, -0.15) is 0 Å². The second-order valence-corrected chi connectivity index (χ2v) is 14.8. The van der Waals surface area contributed by atoms with E-state index in [9.17, 15) is 0 Å². The Morgan fingerprint density at radius 3 is 0.808 bits per heavy atom. The van der Waals surface area contributed by atoms with Gasteiger partial charge in [0.1, 0.15) is 0 Å². The van der Waals surface area contributed by atoms with Crippen LogP contribution in [0.3, 0.4) is 0 Å². The summed E-state index contributed by atoms with van der Waals surface area (Å²) in [5.41, 5.74) is 15.0. The summed E-state index contributed by atoms with van der Waals surface area (Å²) in [6.07, 6.45) is 8.38. The first kappa shape index (κ1) is 32.8. The number of hydrogen-bond donors (Lipinski definition) is 6. The van der Waals surface area contributed by atoms with E-state index in [0.717, 1.165) is 109 Å². The predicted molar refractivity (Wildman–Crippen MR) is 230 cm³/mol. The molecule has 0 aliphatic carbocycles. The van der Waals surface area contributed by atoms with Crippen molar-refractivity contribution in [3.8, 4) is 44.5 Å². The Kier molecular flexibility index (Phi) is 8.48. The summed E-state index contributed by atoms with van der Waals surface area (Å²) < 4.78 is 0. The molecule has 52 heavy (non-hydrogen) atoms. The zero-order valence-electron chi connectivity index (χ0n) is 27.5. The fourth-order valence-corrected chi connectivity index (χ4v) is 7.97. The van der Waals surface area contributed by atoms with Gasteiger partial charge in [-0.1, -0.05) is 48.5 Å². The number of fused-ring (bicyclic) bond motifs is 8. The summed E-state index contributed by atoms with van der Waals surface area (Å²) in [6, 6.07) is 41.3. The molecule has 4 nitrogen and oxygen atoms in total. The van der Waals surface area contributed by atoms with Crippen LogP contribution >= 0.6 is 50.5 Å². The van der Waals surface area contributed by atoms with Gasteiger partial charge in [0.05, 0.1) is 22.8 Å². The normalized spacial score (nSPS) is 12.1. The van der Waals surface area contributed by atoms with Crippen LogP contribution in [0.1, 0.15) is 22.8 Å². The van der Waals surface area contributed by atoms with Gasteiger partial charge >= 0.3 is 0 Å². The minimum Gasteiger partial charge on any atom is -0.354 e. The van der Waals surface area contributed by atoms with Crippen molar-refractivity contribution in [1.29, 1.82) is 0 Å². The number of nitrogens with one attached hydrogen (secondary N) is 2. The maximum atomic E-state index is 5.36. The molecule has 5 heterocycles. The van der Waals surface area contributed by atoms with Crippen LogP contribution in [0.15, 0.2) is 141 Å². The first-order chi connectivity index (χ1) is 25.4. The number of aromatic amines is 2. The molecule has 0 radical (unpaired) electrons. The average Bonchev–Trinajstić information content (AvgIpc) is 3.96.